The molecular formula is C21H17ClN3O2S-. The number of ether oxygens (including phenoxy) is 1. The molecule has 2 aromatic carbocycles. The maximum atomic E-state index is 11.8. The van der Waals surface area contributed by atoms with E-state index in [2.05, 4.69) is 34.3 Å². The first-order chi connectivity index (χ1) is 13.2. The van der Waals surface area contributed by atoms with E-state index in [1.807, 2.05) is 30.3 Å². The largest absolute Gasteiger partial charge is 1.00 e. The van der Waals surface area contributed by atoms with Gasteiger partial charge >= 0.3 is 5.97 Å². The Kier molecular flexibility index (Phi) is 5.92. The van der Waals surface area contributed by atoms with Crippen LogP contribution in [0.2, 0.25) is 0 Å². The van der Waals surface area contributed by atoms with E-state index < -0.39 is 0 Å². The van der Waals surface area contributed by atoms with Gasteiger partial charge in [-0.2, -0.15) is 0 Å². The van der Waals surface area contributed by atoms with Crippen molar-refractivity contribution in [3.05, 3.63) is 71.4 Å². The Labute approximate surface area is 172 Å². The number of carbonyl (C=O) groups excluding carboxylic acids is 1. The summed E-state index contributed by atoms with van der Waals surface area (Å²) >= 11 is 1.64. The van der Waals surface area contributed by atoms with Crippen molar-refractivity contribution >= 4 is 39.0 Å². The molecule has 2 heterocycles. The molecule has 5 nitrogen and oxygen atoms in total. The van der Waals surface area contributed by atoms with Gasteiger partial charge in [0.15, 0.2) is 0 Å². The first kappa shape index (κ1) is 19.8. The molecule has 0 saturated heterocycles. The molecular weight excluding hydrogens is 394 g/mol. The molecule has 142 valence electrons. The summed E-state index contributed by atoms with van der Waals surface area (Å²) in [7, 11) is 1.37. The lowest BCUT2D eigenvalue weighted by molar-refractivity contribution is -0.0000199. The third-order valence-corrected chi connectivity index (χ3v) is 5.29. The van der Waals surface area contributed by atoms with Gasteiger partial charge in [-0.05, 0) is 30.7 Å². The molecule has 0 atom stereocenters. The Hall–Kier alpha value is -2.96. The molecule has 1 N–H and O–H groups in total. The zero-order valence-electron chi connectivity index (χ0n) is 15.3. The van der Waals surface area contributed by atoms with Crippen molar-refractivity contribution in [1.82, 2.24) is 9.97 Å². The number of rotatable bonds is 4. The number of fused-ring (bicyclic) bond motifs is 1. The Morgan fingerprint density at radius 2 is 1.86 bits per heavy atom. The quantitative estimate of drug-likeness (QED) is 0.522. The molecule has 0 radical (unpaired) electrons. The summed E-state index contributed by atoms with van der Waals surface area (Å²) in [6.45, 7) is 2.09. The smallest absolute Gasteiger partial charge is 0.337 e. The second kappa shape index (κ2) is 8.37. The van der Waals surface area contributed by atoms with Gasteiger partial charge in [0.05, 0.1) is 18.1 Å². The first-order valence-electron chi connectivity index (χ1n) is 8.42. The van der Waals surface area contributed by atoms with Crippen LogP contribution in [0, 0.1) is 6.92 Å². The minimum absolute atomic E-state index is 0. The maximum absolute atomic E-state index is 11.8. The summed E-state index contributed by atoms with van der Waals surface area (Å²) in [5.41, 5.74) is 3.50. The van der Waals surface area contributed by atoms with Crippen LogP contribution in [-0.4, -0.2) is 23.0 Å². The number of nitrogens with zero attached hydrogens (tertiary/aromatic N) is 2. The van der Waals surface area contributed by atoms with Crippen molar-refractivity contribution in [2.75, 3.05) is 12.4 Å². The van der Waals surface area contributed by atoms with Crippen molar-refractivity contribution in [3.63, 3.8) is 0 Å². The lowest BCUT2D eigenvalue weighted by Gasteiger charge is -2.10. The molecule has 0 fully saturated rings. The third-order valence-electron chi connectivity index (χ3n) is 4.27. The van der Waals surface area contributed by atoms with E-state index in [1.54, 1.807) is 29.8 Å². The Bertz CT molecular complexity index is 1130. The van der Waals surface area contributed by atoms with Gasteiger partial charge in [0.25, 0.3) is 0 Å². The highest BCUT2D eigenvalue weighted by Crippen LogP contribution is 2.40. The van der Waals surface area contributed by atoms with Crippen molar-refractivity contribution in [2.24, 2.45) is 0 Å². The second-order valence-corrected chi connectivity index (χ2v) is 7.20. The number of hydrogen-bond acceptors (Lipinski definition) is 6. The van der Waals surface area contributed by atoms with Crippen LogP contribution in [0.1, 0.15) is 15.2 Å². The molecule has 0 spiro atoms. The van der Waals surface area contributed by atoms with Crippen LogP contribution in [-0.2, 0) is 4.74 Å². The van der Waals surface area contributed by atoms with Gasteiger partial charge in [-0.3, -0.25) is 0 Å². The van der Waals surface area contributed by atoms with Crippen LogP contribution in [0.5, 0.6) is 0 Å². The van der Waals surface area contributed by atoms with Crippen LogP contribution in [0.15, 0.2) is 60.9 Å². The SMILES string of the molecule is COC(=O)c1cccc(Nc2ncnc3sc(C)c(-c4ccccc4)c23)c1.[Cl-]. The van der Waals surface area contributed by atoms with Gasteiger partial charge in [0.1, 0.15) is 17.0 Å². The Balaban J connectivity index is 0.00000225. The van der Waals surface area contributed by atoms with Gasteiger partial charge in [-0.25, -0.2) is 14.8 Å². The van der Waals surface area contributed by atoms with E-state index in [4.69, 9.17) is 4.74 Å². The minimum Gasteiger partial charge on any atom is -1.00 e. The normalized spacial score (nSPS) is 10.4. The van der Waals surface area contributed by atoms with Crippen LogP contribution in [0.25, 0.3) is 21.3 Å². The highest BCUT2D eigenvalue weighted by Gasteiger charge is 2.17. The molecule has 7 heteroatoms. The second-order valence-electron chi connectivity index (χ2n) is 6.00. The van der Waals surface area contributed by atoms with Gasteiger partial charge < -0.3 is 22.5 Å². The monoisotopic (exact) mass is 410 g/mol. The average molecular weight is 411 g/mol. The van der Waals surface area contributed by atoms with E-state index in [1.165, 1.54) is 12.0 Å². The van der Waals surface area contributed by atoms with E-state index in [9.17, 15) is 4.79 Å². The first-order valence-corrected chi connectivity index (χ1v) is 9.24. The van der Waals surface area contributed by atoms with Crippen molar-refractivity contribution in [2.45, 2.75) is 6.92 Å². The molecule has 4 rings (SSSR count). The summed E-state index contributed by atoms with van der Waals surface area (Å²) < 4.78 is 4.80. The van der Waals surface area contributed by atoms with Gasteiger partial charge in [-0.1, -0.05) is 36.4 Å². The van der Waals surface area contributed by atoms with Crippen molar-refractivity contribution in [3.8, 4) is 11.1 Å². The molecule has 0 saturated carbocycles. The standard InChI is InChI=1S/C21H17N3O2S.ClH/c1-13-17(14-7-4-3-5-8-14)18-19(22-12-23-20(18)27-13)24-16-10-6-9-15(11-16)21(25)26-2;/h3-12H,1-2H3,(H,22,23,24);1H/p-1. The highest BCUT2D eigenvalue weighted by molar-refractivity contribution is 7.19. The van der Waals surface area contributed by atoms with Gasteiger partial charge in [0.2, 0.25) is 0 Å². The molecule has 0 bridgehead atoms. The average Bonchev–Trinajstić information content (AvgIpc) is 3.05. The number of aromatic nitrogens is 2. The van der Waals surface area contributed by atoms with E-state index in [0.717, 1.165) is 27.0 Å². The number of halogens is 1. The zero-order chi connectivity index (χ0) is 18.8. The molecule has 4 aromatic rings. The topological polar surface area (TPSA) is 64.1 Å². The molecule has 0 unspecified atom stereocenters. The number of benzene rings is 2. The number of anilines is 2. The molecule has 0 aliphatic rings. The predicted octanol–water partition coefficient (Wildman–Crippen LogP) is 2.20. The minimum atomic E-state index is -0.372. The number of esters is 1. The van der Waals surface area contributed by atoms with E-state index in [0.29, 0.717) is 11.4 Å². The van der Waals surface area contributed by atoms with Crippen molar-refractivity contribution in [1.29, 1.82) is 0 Å². The summed E-state index contributed by atoms with van der Waals surface area (Å²) in [5.74, 6) is 0.341. The van der Waals surface area contributed by atoms with Crippen LogP contribution in [0.3, 0.4) is 0 Å². The van der Waals surface area contributed by atoms with Gasteiger partial charge in [0, 0.05) is 16.1 Å². The summed E-state index contributed by atoms with van der Waals surface area (Å²) in [6, 6.07) is 17.4. The van der Waals surface area contributed by atoms with E-state index in [-0.39, 0.29) is 18.4 Å². The summed E-state index contributed by atoms with van der Waals surface area (Å²) in [6.07, 6.45) is 1.56. The summed E-state index contributed by atoms with van der Waals surface area (Å²) in [4.78, 5) is 22.8. The van der Waals surface area contributed by atoms with Crippen LogP contribution < -0.4 is 17.7 Å². The van der Waals surface area contributed by atoms with Crippen LogP contribution in [0.4, 0.5) is 11.5 Å². The molecule has 0 aliphatic carbocycles. The molecule has 28 heavy (non-hydrogen) atoms. The number of thiophene rings is 1. The summed E-state index contributed by atoms with van der Waals surface area (Å²) in [5, 5.41) is 4.32. The number of hydrogen-bond donors (Lipinski definition) is 1. The Morgan fingerprint density at radius 1 is 1.07 bits per heavy atom. The molecule has 2 aromatic heterocycles. The fourth-order valence-electron chi connectivity index (χ4n) is 3.07. The Morgan fingerprint density at radius 3 is 2.61 bits per heavy atom. The highest BCUT2D eigenvalue weighted by atomic mass is 35.5. The predicted molar refractivity (Wildman–Crippen MR) is 109 cm³/mol. The maximum Gasteiger partial charge on any atom is 0.337 e. The third kappa shape index (κ3) is 3.69. The molecule has 0 aliphatic heterocycles. The molecule has 0 amide bonds. The van der Waals surface area contributed by atoms with E-state index >= 15 is 0 Å². The lowest BCUT2D eigenvalue weighted by Crippen LogP contribution is -3.00. The fraction of sp³-hybridized carbons (Fsp3) is 0.0952. The van der Waals surface area contributed by atoms with Gasteiger partial charge in [-0.15, -0.1) is 11.3 Å². The number of methoxy groups -OCH3 is 1. The fourth-order valence-corrected chi connectivity index (χ4v) is 4.08. The van der Waals surface area contributed by atoms with Crippen molar-refractivity contribution < 1.29 is 21.9 Å². The number of carbonyl (C=O) groups is 1. The number of nitrogens with one attached hydrogen (secondary N) is 1. The number of aryl methyl sites for hydroxylation is 1. The van der Waals surface area contributed by atoms with Crippen LogP contribution >= 0.6 is 11.3 Å². The zero-order valence-corrected chi connectivity index (χ0v) is 16.8. The lowest BCUT2D eigenvalue weighted by atomic mass is 10.0.